The van der Waals surface area contributed by atoms with Crippen LogP contribution in [-0.2, 0) is 15.9 Å². The van der Waals surface area contributed by atoms with Gasteiger partial charge >= 0.3 is 0 Å². The van der Waals surface area contributed by atoms with Crippen molar-refractivity contribution in [2.75, 3.05) is 32.9 Å². The first-order valence-corrected chi connectivity index (χ1v) is 10.2. The van der Waals surface area contributed by atoms with Crippen molar-refractivity contribution in [1.82, 2.24) is 9.88 Å². The standard InChI is InChI=1S/C22H38N2O3/c1-21(2,3)24-16-20(17-24)26-12-7-9-18-10-11-19(15-23-18)25-13-8-14-27-22(4,5)6/h10-11,15,20H,7-9,12-14,16-17H2,1-6H3. The van der Waals surface area contributed by atoms with E-state index in [9.17, 15) is 0 Å². The fraction of sp³-hybridized carbons (Fsp3) is 0.773. The van der Waals surface area contributed by atoms with E-state index in [1.54, 1.807) is 0 Å². The maximum Gasteiger partial charge on any atom is 0.137 e. The van der Waals surface area contributed by atoms with Gasteiger partial charge in [-0.2, -0.15) is 0 Å². The van der Waals surface area contributed by atoms with Crippen LogP contribution >= 0.6 is 0 Å². The molecule has 0 bridgehead atoms. The molecular formula is C22H38N2O3. The van der Waals surface area contributed by atoms with Crippen LogP contribution in [0.15, 0.2) is 18.3 Å². The van der Waals surface area contributed by atoms with Gasteiger partial charge in [0.2, 0.25) is 0 Å². The molecule has 5 nitrogen and oxygen atoms in total. The number of nitrogens with zero attached hydrogens (tertiary/aromatic N) is 2. The highest BCUT2D eigenvalue weighted by atomic mass is 16.5. The van der Waals surface area contributed by atoms with Crippen LogP contribution in [0, 0.1) is 0 Å². The molecule has 0 spiro atoms. The monoisotopic (exact) mass is 378 g/mol. The van der Waals surface area contributed by atoms with Gasteiger partial charge in [0.1, 0.15) is 5.75 Å². The van der Waals surface area contributed by atoms with Crippen LogP contribution in [0.2, 0.25) is 0 Å². The summed E-state index contributed by atoms with van der Waals surface area (Å²) in [6, 6.07) is 4.05. The summed E-state index contributed by atoms with van der Waals surface area (Å²) in [5.74, 6) is 0.822. The quantitative estimate of drug-likeness (QED) is 0.574. The van der Waals surface area contributed by atoms with Crippen LogP contribution in [0.3, 0.4) is 0 Å². The van der Waals surface area contributed by atoms with E-state index in [1.807, 2.05) is 18.3 Å². The SMILES string of the molecule is CC(C)(C)OCCCOc1ccc(CCCOC2CN(C(C)(C)C)C2)nc1. The minimum Gasteiger partial charge on any atom is -0.492 e. The Kier molecular flexibility index (Phi) is 8.07. The predicted molar refractivity (Wildman–Crippen MR) is 109 cm³/mol. The second-order valence-corrected chi connectivity index (χ2v) is 9.32. The second kappa shape index (κ2) is 9.85. The van der Waals surface area contributed by atoms with Gasteiger partial charge in [-0.1, -0.05) is 0 Å². The van der Waals surface area contributed by atoms with Gasteiger partial charge in [0.25, 0.3) is 0 Å². The molecule has 1 fully saturated rings. The summed E-state index contributed by atoms with van der Waals surface area (Å²) in [4.78, 5) is 6.94. The molecule has 0 amide bonds. The van der Waals surface area contributed by atoms with Crippen LogP contribution in [0.25, 0.3) is 0 Å². The van der Waals surface area contributed by atoms with Gasteiger partial charge in [0, 0.05) is 37.4 Å². The Labute approximate surface area is 165 Å². The molecule has 0 N–H and O–H groups in total. The zero-order valence-corrected chi connectivity index (χ0v) is 18.1. The van der Waals surface area contributed by atoms with Crippen LogP contribution in [0.1, 0.15) is 60.1 Å². The normalized spacial score (nSPS) is 16.4. The Bertz CT molecular complexity index is 540. The van der Waals surface area contributed by atoms with Crippen molar-refractivity contribution in [2.24, 2.45) is 0 Å². The van der Waals surface area contributed by atoms with E-state index in [0.29, 0.717) is 19.3 Å². The summed E-state index contributed by atoms with van der Waals surface area (Å²) >= 11 is 0. The Morgan fingerprint density at radius 3 is 2.33 bits per heavy atom. The Balaban J connectivity index is 1.53. The average Bonchev–Trinajstić information content (AvgIpc) is 2.51. The van der Waals surface area contributed by atoms with E-state index < -0.39 is 0 Å². The predicted octanol–water partition coefficient (Wildman–Crippen LogP) is 4.10. The van der Waals surface area contributed by atoms with Crippen molar-refractivity contribution in [3.63, 3.8) is 0 Å². The molecule has 27 heavy (non-hydrogen) atoms. The Morgan fingerprint density at radius 1 is 1.00 bits per heavy atom. The third kappa shape index (κ3) is 8.58. The van der Waals surface area contributed by atoms with E-state index in [2.05, 4.69) is 51.4 Å². The minimum atomic E-state index is -0.0858. The number of aryl methyl sites for hydroxylation is 1. The smallest absolute Gasteiger partial charge is 0.137 e. The summed E-state index contributed by atoms with van der Waals surface area (Å²) in [5.41, 5.74) is 1.26. The molecule has 0 saturated carbocycles. The number of aromatic nitrogens is 1. The van der Waals surface area contributed by atoms with Crippen molar-refractivity contribution < 1.29 is 14.2 Å². The van der Waals surface area contributed by atoms with Crippen molar-refractivity contribution in [3.8, 4) is 5.75 Å². The van der Waals surface area contributed by atoms with Crippen molar-refractivity contribution in [1.29, 1.82) is 0 Å². The van der Waals surface area contributed by atoms with Gasteiger partial charge < -0.3 is 14.2 Å². The summed E-state index contributed by atoms with van der Waals surface area (Å²) in [6.45, 7) is 17.2. The zero-order chi connectivity index (χ0) is 19.9. The molecular weight excluding hydrogens is 340 g/mol. The highest BCUT2D eigenvalue weighted by molar-refractivity contribution is 5.19. The van der Waals surface area contributed by atoms with Gasteiger partial charge in [0.15, 0.2) is 0 Å². The number of ether oxygens (including phenoxy) is 3. The van der Waals surface area contributed by atoms with Crippen LogP contribution in [0.5, 0.6) is 5.75 Å². The number of hydrogen-bond acceptors (Lipinski definition) is 5. The third-order valence-electron chi connectivity index (χ3n) is 4.62. The summed E-state index contributed by atoms with van der Waals surface area (Å²) in [7, 11) is 0. The number of hydrogen-bond donors (Lipinski definition) is 0. The molecule has 0 aliphatic carbocycles. The second-order valence-electron chi connectivity index (χ2n) is 9.32. The average molecular weight is 379 g/mol. The van der Waals surface area contributed by atoms with E-state index >= 15 is 0 Å². The van der Waals surface area contributed by atoms with E-state index in [1.165, 1.54) is 0 Å². The highest BCUT2D eigenvalue weighted by Gasteiger charge is 2.34. The first kappa shape index (κ1) is 22.1. The lowest BCUT2D eigenvalue weighted by molar-refractivity contribution is -0.0889. The third-order valence-corrected chi connectivity index (χ3v) is 4.62. The number of likely N-dealkylation sites (tertiary alicyclic amines) is 1. The number of pyridine rings is 1. The molecule has 0 radical (unpaired) electrons. The lowest BCUT2D eigenvalue weighted by Crippen LogP contribution is -2.59. The molecule has 1 aliphatic rings. The highest BCUT2D eigenvalue weighted by Crippen LogP contribution is 2.23. The van der Waals surface area contributed by atoms with Crippen LogP contribution in [0.4, 0.5) is 0 Å². The lowest BCUT2D eigenvalue weighted by Gasteiger charge is -2.47. The molecule has 2 heterocycles. The molecule has 154 valence electrons. The van der Waals surface area contributed by atoms with Crippen molar-refractivity contribution in [3.05, 3.63) is 24.0 Å². The molecule has 0 atom stereocenters. The molecule has 0 aromatic carbocycles. The Hall–Kier alpha value is -1.17. The molecule has 1 saturated heterocycles. The molecule has 1 aromatic heterocycles. The van der Waals surface area contributed by atoms with Gasteiger partial charge in [-0.05, 0) is 66.5 Å². The fourth-order valence-corrected chi connectivity index (χ4v) is 2.87. The van der Waals surface area contributed by atoms with Gasteiger partial charge in [-0.15, -0.1) is 0 Å². The first-order chi connectivity index (χ1) is 12.6. The van der Waals surface area contributed by atoms with Gasteiger partial charge in [0.05, 0.1) is 31.1 Å². The zero-order valence-electron chi connectivity index (χ0n) is 18.1. The molecule has 1 aliphatic heterocycles. The van der Waals surface area contributed by atoms with E-state index in [-0.39, 0.29) is 11.1 Å². The minimum absolute atomic E-state index is 0.0858. The Morgan fingerprint density at radius 2 is 1.74 bits per heavy atom. The fourth-order valence-electron chi connectivity index (χ4n) is 2.87. The maximum absolute atomic E-state index is 5.94. The maximum atomic E-state index is 5.94. The lowest BCUT2D eigenvalue weighted by atomic mass is 9.99. The van der Waals surface area contributed by atoms with E-state index in [0.717, 1.165) is 50.4 Å². The summed E-state index contributed by atoms with van der Waals surface area (Å²) < 4.78 is 17.3. The van der Waals surface area contributed by atoms with Crippen molar-refractivity contribution in [2.45, 2.75) is 78.0 Å². The van der Waals surface area contributed by atoms with Crippen molar-refractivity contribution >= 4 is 0 Å². The van der Waals surface area contributed by atoms with Gasteiger partial charge in [-0.25, -0.2) is 0 Å². The topological polar surface area (TPSA) is 43.8 Å². The molecule has 2 rings (SSSR count). The first-order valence-electron chi connectivity index (χ1n) is 10.2. The molecule has 1 aromatic rings. The summed E-state index contributed by atoms with van der Waals surface area (Å²) in [6.07, 6.45) is 5.03. The van der Waals surface area contributed by atoms with Gasteiger partial charge in [-0.3, -0.25) is 9.88 Å². The van der Waals surface area contributed by atoms with Crippen LogP contribution < -0.4 is 4.74 Å². The molecule has 0 unspecified atom stereocenters. The largest absolute Gasteiger partial charge is 0.492 e. The van der Waals surface area contributed by atoms with E-state index in [4.69, 9.17) is 14.2 Å². The van der Waals surface area contributed by atoms with Crippen LogP contribution in [-0.4, -0.2) is 60.0 Å². The molecule has 5 heteroatoms. The number of rotatable bonds is 10. The summed E-state index contributed by atoms with van der Waals surface area (Å²) in [5, 5.41) is 0.